The van der Waals surface area contributed by atoms with Crippen LogP contribution in [0.2, 0.25) is 0 Å². The second kappa shape index (κ2) is 36.2. The molecular formula is C37H76N2O3S. The van der Waals surface area contributed by atoms with E-state index in [4.69, 9.17) is 9.47 Å². The molecule has 1 N–H and O–H groups in total. The van der Waals surface area contributed by atoms with Gasteiger partial charge in [0, 0.05) is 25.8 Å². The molecule has 0 bridgehead atoms. The van der Waals surface area contributed by atoms with Crippen molar-refractivity contribution in [3.8, 4) is 0 Å². The van der Waals surface area contributed by atoms with Crippen LogP contribution in [0.5, 0.6) is 0 Å². The molecule has 0 aromatic carbocycles. The van der Waals surface area contributed by atoms with Gasteiger partial charge in [0.15, 0.2) is 0 Å². The van der Waals surface area contributed by atoms with E-state index in [1.54, 1.807) is 19.1 Å². The van der Waals surface area contributed by atoms with Crippen LogP contribution in [-0.2, 0) is 14.3 Å². The Balaban J connectivity index is 4.20. The van der Waals surface area contributed by atoms with Gasteiger partial charge < -0.3 is 14.4 Å². The van der Waals surface area contributed by atoms with E-state index in [0.29, 0.717) is 6.42 Å². The molecule has 0 aromatic heterocycles. The van der Waals surface area contributed by atoms with Gasteiger partial charge in [-0.25, -0.2) is 0 Å². The third kappa shape index (κ3) is 32.9. The predicted molar refractivity (Wildman–Crippen MR) is 191 cm³/mol. The van der Waals surface area contributed by atoms with Crippen molar-refractivity contribution in [1.82, 2.24) is 9.62 Å². The van der Waals surface area contributed by atoms with Crippen LogP contribution in [0, 0.1) is 0 Å². The summed E-state index contributed by atoms with van der Waals surface area (Å²) in [5, 5.41) is 0. The number of unbranched alkanes of at least 4 members (excludes halogenated alkanes) is 17. The van der Waals surface area contributed by atoms with Crippen LogP contribution in [0.3, 0.4) is 0 Å². The minimum atomic E-state index is 0.0474. The molecule has 0 radical (unpaired) electrons. The third-order valence-corrected chi connectivity index (χ3v) is 9.26. The van der Waals surface area contributed by atoms with Gasteiger partial charge in [-0.05, 0) is 71.0 Å². The number of carbonyl (C=O) groups is 1. The van der Waals surface area contributed by atoms with E-state index >= 15 is 0 Å². The highest BCUT2D eigenvalue weighted by molar-refractivity contribution is 7.97. The van der Waals surface area contributed by atoms with Crippen LogP contribution in [0.4, 0.5) is 0 Å². The van der Waals surface area contributed by atoms with Crippen LogP contribution >= 0.6 is 11.9 Å². The van der Waals surface area contributed by atoms with E-state index in [2.05, 4.69) is 30.4 Å². The Morgan fingerprint density at radius 1 is 0.628 bits per heavy atom. The average molecular weight is 629 g/mol. The Labute approximate surface area is 274 Å². The standard InChI is InChI=1S/C37H76N2O3S/c1-5-8-11-14-19-24-31-39(33-26-30-38-43-35-34-41-4)32-25-20-15-18-23-29-37(40)42-36(27-21-16-12-9-6-2)28-22-17-13-10-7-3/h36,38H,5-35H2,1-4H3. The average Bonchev–Trinajstić information content (AvgIpc) is 3.00. The van der Waals surface area contributed by atoms with Gasteiger partial charge >= 0.3 is 5.97 Å². The zero-order valence-corrected chi connectivity index (χ0v) is 30.4. The molecule has 5 nitrogen and oxygen atoms in total. The van der Waals surface area contributed by atoms with Gasteiger partial charge in [-0.1, -0.05) is 135 Å². The predicted octanol–water partition coefficient (Wildman–Crippen LogP) is 10.9. The van der Waals surface area contributed by atoms with Crippen LogP contribution < -0.4 is 4.72 Å². The molecule has 258 valence electrons. The molecule has 43 heavy (non-hydrogen) atoms. The minimum Gasteiger partial charge on any atom is -0.462 e. The number of rotatable bonds is 36. The fourth-order valence-electron chi connectivity index (χ4n) is 5.69. The van der Waals surface area contributed by atoms with Crippen molar-refractivity contribution >= 4 is 17.9 Å². The quantitative estimate of drug-likeness (QED) is 0.0423. The van der Waals surface area contributed by atoms with Crippen molar-refractivity contribution in [2.75, 3.05) is 45.6 Å². The second-order valence-corrected chi connectivity index (χ2v) is 13.7. The summed E-state index contributed by atoms with van der Waals surface area (Å²) in [4.78, 5) is 15.3. The number of nitrogens with zero attached hydrogens (tertiary/aromatic N) is 1. The lowest BCUT2D eigenvalue weighted by Gasteiger charge is -2.22. The zero-order valence-electron chi connectivity index (χ0n) is 29.6. The van der Waals surface area contributed by atoms with Gasteiger partial charge in [-0.15, -0.1) is 0 Å². The highest BCUT2D eigenvalue weighted by Crippen LogP contribution is 2.18. The maximum Gasteiger partial charge on any atom is 0.306 e. The molecular weight excluding hydrogens is 552 g/mol. The number of methoxy groups -OCH3 is 1. The summed E-state index contributed by atoms with van der Waals surface area (Å²) >= 11 is 1.78. The number of esters is 1. The van der Waals surface area contributed by atoms with Gasteiger partial charge in [-0.3, -0.25) is 9.52 Å². The zero-order chi connectivity index (χ0) is 31.5. The van der Waals surface area contributed by atoms with E-state index in [0.717, 1.165) is 44.6 Å². The fraction of sp³-hybridized carbons (Fsp3) is 0.973. The fourth-order valence-corrected chi connectivity index (χ4v) is 6.37. The van der Waals surface area contributed by atoms with Crippen LogP contribution in [0.25, 0.3) is 0 Å². The van der Waals surface area contributed by atoms with Crippen molar-refractivity contribution in [1.29, 1.82) is 0 Å². The molecule has 0 fully saturated rings. The molecule has 0 atom stereocenters. The Kier molecular flexibility index (Phi) is 35.9. The lowest BCUT2D eigenvalue weighted by Crippen LogP contribution is -2.29. The summed E-state index contributed by atoms with van der Waals surface area (Å²) in [5.41, 5.74) is 0. The first-order chi connectivity index (χ1) is 21.2. The topological polar surface area (TPSA) is 50.8 Å². The van der Waals surface area contributed by atoms with Gasteiger partial charge in [0.25, 0.3) is 0 Å². The smallest absolute Gasteiger partial charge is 0.306 e. The molecule has 0 amide bonds. The van der Waals surface area contributed by atoms with Gasteiger partial charge in [-0.2, -0.15) is 0 Å². The molecule has 0 heterocycles. The van der Waals surface area contributed by atoms with Gasteiger partial charge in [0.2, 0.25) is 0 Å². The molecule has 0 aliphatic heterocycles. The number of hydrogen-bond donors (Lipinski definition) is 1. The molecule has 0 aliphatic carbocycles. The summed E-state index contributed by atoms with van der Waals surface area (Å²) in [6, 6.07) is 0. The van der Waals surface area contributed by atoms with Gasteiger partial charge in [0.05, 0.1) is 6.61 Å². The first kappa shape index (κ1) is 42.7. The lowest BCUT2D eigenvalue weighted by molar-refractivity contribution is -0.150. The van der Waals surface area contributed by atoms with Crippen molar-refractivity contribution in [3.05, 3.63) is 0 Å². The first-order valence-electron chi connectivity index (χ1n) is 18.9. The van der Waals surface area contributed by atoms with E-state index in [1.807, 2.05) is 0 Å². The van der Waals surface area contributed by atoms with Crippen molar-refractivity contribution in [2.24, 2.45) is 0 Å². The molecule has 0 aliphatic rings. The summed E-state index contributed by atoms with van der Waals surface area (Å²) < 4.78 is 14.6. The number of ether oxygens (including phenoxy) is 2. The van der Waals surface area contributed by atoms with Crippen molar-refractivity contribution in [3.63, 3.8) is 0 Å². The highest BCUT2D eigenvalue weighted by Gasteiger charge is 2.14. The normalized spacial score (nSPS) is 11.7. The minimum absolute atomic E-state index is 0.0474. The number of carbonyl (C=O) groups excluding carboxylic acids is 1. The summed E-state index contributed by atoms with van der Waals surface area (Å²) in [5.74, 6) is 1.06. The Hall–Kier alpha value is -0.300. The SMILES string of the molecule is CCCCCCCCN(CCCCCCCC(=O)OC(CCCCCCC)CCCCCCC)CCCNSCCOC. The number of hydrogen-bond acceptors (Lipinski definition) is 6. The largest absolute Gasteiger partial charge is 0.462 e. The first-order valence-corrected chi connectivity index (χ1v) is 19.9. The van der Waals surface area contributed by atoms with E-state index in [-0.39, 0.29) is 12.1 Å². The lowest BCUT2D eigenvalue weighted by atomic mass is 10.0. The molecule has 0 aromatic rings. The second-order valence-electron chi connectivity index (χ2n) is 12.7. The molecule has 0 rings (SSSR count). The van der Waals surface area contributed by atoms with Crippen LogP contribution in [0.1, 0.15) is 181 Å². The van der Waals surface area contributed by atoms with Crippen LogP contribution in [-0.4, -0.2) is 62.6 Å². The maximum absolute atomic E-state index is 12.6. The van der Waals surface area contributed by atoms with E-state index in [1.165, 1.54) is 148 Å². The third-order valence-electron chi connectivity index (χ3n) is 8.49. The summed E-state index contributed by atoms with van der Waals surface area (Å²) in [7, 11) is 1.76. The van der Waals surface area contributed by atoms with E-state index in [9.17, 15) is 4.79 Å². The van der Waals surface area contributed by atoms with Gasteiger partial charge in [0.1, 0.15) is 6.10 Å². The van der Waals surface area contributed by atoms with Crippen molar-refractivity contribution in [2.45, 2.75) is 187 Å². The molecule has 0 saturated carbocycles. The summed E-state index contributed by atoms with van der Waals surface area (Å²) in [6.45, 7) is 12.3. The number of nitrogens with one attached hydrogen (secondary N) is 1. The molecule has 0 spiro atoms. The maximum atomic E-state index is 12.6. The van der Waals surface area contributed by atoms with Crippen molar-refractivity contribution < 1.29 is 14.3 Å². The monoisotopic (exact) mass is 629 g/mol. The highest BCUT2D eigenvalue weighted by atomic mass is 32.2. The Morgan fingerprint density at radius 3 is 1.63 bits per heavy atom. The Morgan fingerprint density at radius 2 is 1.09 bits per heavy atom. The summed E-state index contributed by atoms with van der Waals surface area (Å²) in [6.07, 6.45) is 30.9. The van der Waals surface area contributed by atoms with E-state index < -0.39 is 0 Å². The van der Waals surface area contributed by atoms with Crippen LogP contribution in [0.15, 0.2) is 0 Å². The molecule has 0 saturated heterocycles. The Bertz CT molecular complexity index is 538. The molecule has 0 unspecified atom stereocenters. The molecule has 6 heteroatoms.